The summed E-state index contributed by atoms with van der Waals surface area (Å²) >= 11 is 1.52. The van der Waals surface area contributed by atoms with Crippen LogP contribution < -0.4 is 0 Å². The number of morpholine rings is 1. The summed E-state index contributed by atoms with van der Waals surface area (Å²) in [5, 5.41) is 7.78. The number of ether oxygens (including phenoxy) is 1. The van der Waals surface area contributed by atoms with Crippen molar-refractivity contribution in [2.45, 2.75) is 0 Å². The van der Waals surface area contributed by atoms with E-state index >= 15 is 0 Å². The lowest BCUT2D eigenvalue weighted by Gasteiger charge is -2.26. The highest BCUT2D eigenvalue weighted by molar-refractivity contribution is 7.13. The minimum Gasteiger partial charge on any atom is -0.378 e. The first kappa shape index (κ1) is 17.0. The van der Waals surface area contributed by atoms with Crippen molar-refractivity contribution in [1.29, 1.82) is 0 Å². The van der Waals surface area contributed by atoms with Gasteiger partial charge in [-0.05, 0) is 30.3 Å². The lowest BCUT2D eigenvalue weighted by atomic mass is 10.1. The molecule has 5 rings (SSSR count). The second kappa shape index (κ2) is 7.14. The molecule has 0 spiro atoms. The number of pyridine rings is 1. The lowest BCUT2D eigenvalue weighted by molar-refractivity contribution is 0.0303. The summed E-state index contributed by atoms with van der Waals surface area (Å²) in [6.45, 7) is 2.35. The highest BCUT2D eigenvalue weighted by atomic mass is 32.1. The predicted octanol–water partition coefficient (Wildman–Crippen LogP) is 3.49. The average Bonchev–Trinajstić information content (AvgIpc) is 3.41. The number of hydrogen-bond donors (Lipinski definition) is 0. The Kier molecular flexibility index (Phi) is 4.34. The van der Waals surface area contributed by atoms with Gasteiger partial charge in [0.1, 0.15) is 16.4 Å². The van der Waals surface area contributed by atoms with Gasteiger partial charge in [0, 0.05) is 42.0 Å². The van der Waals surface area contributed by atoms with Gasteiger partial charge >= 0.3 is 0 Å². The molecule has 140 valence electrons. The van der Waals surface area contributed by atoms with Crippen LogP contribution in [0.4, 0.5) is 0 Å². The number of carbonyl (C=O) groups excluding carboxylic acids is 1. The average molecular weight is 392 g/mol. The Bertz CT molecular complexity index is 1130. The molecule has 1 aliphatic rings. The number of aromatic nitrogens is 3. The topological polar surface area (TPSA) is 81.3 Å². The smallest absolute Gasteiger partial charge is 0.254 e. The molecule has 28 heavy (non-hydrogen) atoms. The molecule has 8 heteroatoms. The Hall–Kier alpha value is -3.10. The van der Waals surface area contributed by atoms with Gasteiger partial charge in [-0.3, -0.25) is 9.78 Å². The Morgan fingerprint density at radius 3 is 2.89 bits per heavy atom. The number of amides is 1. The molecule has 0 N–H and O–H groups in total. The summed E-state index contributed by atoms with van der Waals surface area (Å²) in [7, 11) is 0. The molecule has 3 aromatic heterocycles. The second-order valence-corrected chi connectivity index (χ2v) is 7.28. The molecule has 0 aliphatic carbocycles. The number of rotatable bonds is 3. The minimum atomic E-state index is -0.00771. The van der Waals surface area contributed by atoms with Crippen molar-refractivity contribution < 1.29 is 14.1 Å². The number of nitrogens with zero attached hydrogens (tertiary/aromatic N) is 4. The molecule has 4 heterocycles. The highest BCUT2D eigenvalue weighted by Gasteiger charge is 2.21. The normalized spacial score (nSPS) is 14.5. The predicted molar refractivity (Wildman–Crippen MR) is 105 cm³/mol. The van der Waals surface area contributed by atoms with Crippen molar-refractivity contribution in [3.8, 4) is 22.0 Å². The van der Waals surface area contributed by atoms with Crippen LogP contribution >= 0.6 is 11.3 Å². The van der Waals surface area contributed by atoms with Crippen LogP contribution in [0.3, 0.4) is 0 Å². The molecule has 0 bridgehead atoms. The highest BCUT2D eigenvalue weighted by Crippen LogP contribution is 2.32. The van der Waals surface area contributed by atoms with E-state index in [4.69, 9.17) is 9.26 Å². The quantitative estimate of drug-likeness (QED) is 0.531. The molecule has 0 atom stereocenters. The van der Waals surface area contributed by atoms with E-state index < -0.39 is 0 Å². The molecule has 1 saturated heterocycles. The van der Waals surface area contributed by atoms with E-state index in [0.717, 1.165) is 21.7 Å². The third-order valence-electron chi connectivity index (χ3n) is 4.67. The Labute approximate surface area is 164 Å². The van der Waals surface area contributed by atoms with Crippen LogP contribution in [0.1, 0.15) is 10.4 Å². The van der Waals surface area contributed by atoms with Crippen LogP contribution in [0.5, 0.6) is 0 Å². The first-order valence-corrected chi connectivity index (χ1v) is 9.80. The number of fused-ring (bicyclic) bond motifs is 1. The molecule has 1 amide bonds. The largest absolute Gasteiger partial charge is 0.378 e. The fourth-order valence-corrected chi connectivity index (χ4v) is 4.01. The summed E-state index contributed by atoms with van der Waals surface area (Å²) in [4.78, 5) is 23.4. The molecule has 0 saturated carbocycles. The van der Waals surface area contributed by atoms with Crippen LogP contribution in [0.2, 0.25) is 0 Å². The maximum Gasteiger partial charge on any atom is 0.254 e. The summed E-state index contributed by atoms with van der Waals surface area (Å²) < 4.78 is 10.8. The van der Waals surface area contributed by atoms with E-state index in [1.165, 1.54) is 11.3 Å². The van der Waals surface area contributed by atoms with E-state index in [1.54, 1.807) is 29.4 Å². The molecule has 1 aromatic carbocycles. The molecular weight excluding hydrogens is 376 g/mol. The van der Waals surface area contributed by atoms with E-state index in [2.05, 4.69) is 15.1 Å². The van der Waals surface area contributed by atoms with Crippen molar-refractivity contribution in [3.63, 3.8) is 0 Å². The van der Waals surface area contributed by atoms with Gasteiger partial charge in [-0.25, -0.2) is 4.98 Å². The van der Waals surface area contributed by atoms with Gasteiger partial charge in [-0.2, -0.15) is 0 Å². The van der Waals surface area contributed by atoms with Gasteiger partial charge in [-0.15, -0.1) is 11.3 Å². The van der Waals surface area contributed by atoms with E-state index in [0.29, 0.717) is 43.1 Å². The number of thiazole rings is 1. The van der Waals surface area contributed by atoms with Crippen molar-refractivity contribution in [2.75, 3.05) is 26.3 Å². The van der Waals surface area contributed by atoms with Gasteiger partial charge < -0.3 is 14.2 Å². The Morgan fingerprint density at radius 2 is 2.07 bits per heavy atom. The number of carbonyl (C=O) groups is 1. The van der Waals surface area contributed by atoms with Crippen LogP contribution in [0.25, 0.3) is 32.9 Å². The molecular formula is C20H16N4O3S. The van der Waals surface area contributed by atoms with Crippen molar-refractivity contribution in [2.24, 2.45) is 0 Å². The maximum atomic E-state index is 12.8. The molecule has 0 radical (unpaired) electrons. The Balaban J connectivity index is 1.50. The Morgan fingerprint density at radius 1 is 1.18 bits per heavy atom. The van der Waals surface area contributed by atoms with Gasteiger partial charge in [0.15, 0.2) is 5.58 Å². The van der Waals surface area contributed by atoms with Crippen LogP contribution in [0.15, 0.2) is 52.6 Å². The first-order valence-electron chi connectivity index (χ1n) is 8.92. The fraction of sp³-hybridized carbons (Fsp3) is 0.200. The summed E-state index contributed by atoms with van der Waals surface area (Å²) in [5.41, 5.74) is 3.55. The molecule has 1 aliphatic heterocycles. The van der Waals surface area contributed by atoms with Crippen LogP contribution in [0, 0.1) is 0 Å². The maximum absolute atomic E-state index is 12.8. The van der Waals surface area contributed by atoms with Gasteiger partial charge in [0.05, 0.1) is 18.6 Å². The van der Waals surface area contributed by atoms with Crippen molar-refractivity contribution in [1.82, 2.24) is 20.0 Å². The lowest BCUT2D eigenvalue weighted by Crippen LogP contribution is -2.40. The van der Waals surface area contributed by atoms with Crippen LogP contribution in [-0.4, -0.2) is 52.2 Å². The fourth-order valence-electron chi connectivity index (χ4n) is 3.21. The minimum absolute atomic E-state index is 0.00771. The van der Waals surface area contributed by atoms with E-state index in [1.807, 2.05) is 23.6 Å². The van der Waals surface area contributed by atoms with Gasteiger partial charge in [-0.1, -0.05) is 5.16 Å². The third kappa shape index (κ3) is 3.06. The summed E-state index contributed by atoms with van der Waals surface area (Å²) in [6.07, 6.45) is 3.51. The molecule has 4 aromatic rings. The molecule has 1 fully saturated rings. The van der Waals surface area contributed by atoms with E-state index in [9.17, 15) is 4.79 Å². The first-order chi connectivity index (χ1) is 13.8. The summed E-state index contributed by atoms with van der Waals surface area (Å²) in [5.74, 6) is -0.00771. The standard InChI is InChI=1S/C20H16N4O3S/c25-20(24-6-8-26-9-7-24)13-3-4-17-15(10-13)18(23-27-17)16-12-28-19(22-16)14-2-1-5-21-11-14/h1-5,10-12H,6-9H2. The van der Waals surface area contributed by atoms with Crippen molar-refractivity contribution in [3.05, 3.63) is 53.7 Å². The van der Waals surface area contributed by atoms with Gasteiger partial charge in [0.2, 0.25) is 0 Å². The second-order valence-electron chi connectivity index (χ2n) is 6.43. The SMILES string of the molecule is O=C(c1ccc2onc(-c3csc(-c4cccnc4)n3)c2c1)N1CCOCC1. The van der Waals surface area contributed by atoms with Gasteiger partial charge in [0.25, 0.3) is 5.91 Å². The zero-order valence-corrected chi connectivity index (χ0v) is 15.7. The number of hydrogen-bond acceptors (Lipinski definition) is 7. The zero-order chi connectivity index (χ0) is 18.9. The zero-order valence-electron chi connectivity index (χ0n) is 14.9. The number of benzene rings is 1. The summed E-state index contributed by atoms with van der Waals surface area (Å²) in [6, 6.07) is 9.24. The van der Waals surface area contributed by atoms with Crippen LogP contribution in [-0.2, 0) is 4.74 Å². The van der Waals surface area contributed by atoms with Crippen molar-refractivity contribution >= 4 is 28.2 Å². The van der Waals surface area contributed by atoms with E-state index in [-0.39, 0.29) is 5.91 Å². The third-order valence-corrected chi connectivity index (χ3v) is 5.56. The molecule has 0 unspecified atom stereocenters. The monoisotopic (exact) mass is 392 g/mol. The molecule has 7 nitrogen and oxygen atoms in total.